The quantitative estimate of drug-likeness (QED) is 0.401. The van der Waals surface area contributed by atoms with Crippen LogP contribution in [-0.4, -0.2) is 0 Å². The number of hydrogen-bond acceptors (Lipinski definition) is 0. The predicted molar refractivity (Wildman–Crippen MR) is 60.9 cm³/mol. The van der Waals surface area contributed by atoms with Gasteiger partial charge in [0.25, 0.3) is 0 Å². The van der Waals surface area contributed by atoms with Crippen LogP contribution in [-0.2, 0) is 6.42 Å². The van der Waals surface area contributed by atoms with E-state index in [0.29, 0.717) is 0 Å². The number of hydrogen-bond donors (Lipinski definition) is 0. The third kappa shape index (κ3) is 2.34. The number of halogens is 9. The highest BCUT2D eigenvalue weighted by atomic mass is 19.2. The largest absolute Gasteiger partial charge is 0.203 e. The Kier molecular flexibility index (Phi) is 4.32. The van der Waals surface area contributed by atoms with Gasteiger partial charge in [-0.25, -0.2) is 39.5 Å². The van der Waals surface area contributed by atoms with Crippen LogP contribution in [0.4, 0.5) is 39.5 Å². The molecule has 0 spiro atoms. The van der Waals surface area contributed by atoms with Gasteiger partial charge >= 0.3 is 0 Å². The zero-order chi connectivity index (χ0) is 17.6. The van der Waals surface area contributed by atoms with Gasteiger partial charge in [-0.1, -0.05) is 6.92 Å². The fourth-order valence-corrected chi connectivity index (χ4v) is 2.03. The summed E-state index contributed by atoms with van der Waals surface area (Å²) >= 11 is 0. The number of benzene rings is 2. The highest BCUT2D eigenvalue weighted by Gasteiger charge is 2.33. The molecular formula is C14H5F9. The van der Waals surface area contributed by atoms with Gasteiger partial charge < -0.3 is 0 Å². The smallest absolute Gasteiger partial charge is 0.200 e. The summed E-state index contributed by atoms with van der Waals surface area (Å²) in [6, 6.07) is 0. The molecule has 0 amide bonds. The molecule has 0 aliphatic carbocycles. The zero-order valence-corrected chi connectivity index (χ0v) is 11.1. The Morgan fingerprint density at radius 3 is 1.00 bits per heavy atom. The first kappa shape index (κ1) is 17.2. The molecule has 0 nitrogen and oxygen atoms in total. The van der Waals surface area contributed by atoms with E-state index >= 15 is 0 Å². The molecule has 0 N–H and O–H groups in total. The average Bonchev–Trinajstić information content (AvgIpc) is 2.53. The summed E-state index contributed by atoms with van der Waals surface area (Å²) in [6.45, 7) is 1.14. The molecule has 0 heterocycles. The van der Waals surface area contributed by atoms with Gasteiger partial charge in [-0.05, 0) is 6.42 Å². The van der Waals surface area contributed by atoms with Crippen LogP contribution in [0, 0.1) is 52.4 Å². The molecule has 0 atom stereocenters. The van der Waals surface area contributed by atoms with Crippen molar-refractivity contribution in [3.8, 4) is 11.1 Å². The molecule has 0 radical (unpaired) electrons. The van der Waals surface area contributed by atoms with Crippen LogP contribution < -0.4 is 0 Å². The van der Waals surface area contributed by atoms with Crippen molar-refractivity contribution in [2.45, 2.75) is 13.3 Å². The van der Waals surface area contributed by atoms with Crippen LogP contribution in [0.1, 0.15) is 12.5 Å². The van der Waals surface area contributed by atoms with Crippen LogP contribution in [0.2, 0.25) is 0 Å². The Morgan fingerprint density at radius 1 is 0.435 bits per heavy atom. The Labute approximate surface area is 123 Å². The molecule has 0 bridgehead atoms. The van der Waals surface area contributed by atoms with Crippen molar-refractivity contribution < 1.29 is 39.5 Å². The van der Waals surface area contributed by atoms with Crippen molar-refractivity contribution >= 4 is 0 Å². The second-order valence-electron chi connectivity index (χ2n) is 4.41. The van der Waals surface area contributed by atoms with E-state index in [1.807, 2.05) is 0 Å². The molecule has 0 saturated heterocycles. The van der Waals surface area contributed by atoms with Gasteiger partial charge in [0, 0.05) is 5.56 Å². The first-order valence-electron chi connectivity index (χ1n) is 6.01. The van der Waals surface area contributed by atoms with E-state index in [4.69, 9.17) is 0 Å². The summed E-state index contributed by atoms with van der Waals surface area (Å²) < 4.78 is 121. The topological polar surface area (TPSA) is 0 Å². The molecule has 0 aliphatic heterocycles. The van der Waals surface area contributed by atoms with Gasteiger partial charge in [0.1, 0.15) is 0 Å². The predicted octanol–water partition coefficient (Wildman–Crippen LogP) is 5.17. The van der Waals surface area contributed by atoms with E-state index in [0.717, 1.165) is 6.92 Å². The molecule has 0 saturated carbocycles. The Balaban J connectivity index is 3.01. The Bertz CT molecular complexity index is 753. The van der Waals surface area contributed by atoms with Crippen molar-refractivity contribution in [2.24, 2.45) is 0 Å². The second kappa shape index (κ2) is 5.78. The maximum absolute atomic E-state index is 13.8. The fourth-order valence-electron chi connectivity index (χ4n) is 2.03. The number of rotatable bonds is 2. The van der Waals surface area contributed by atoms with Gasteiger partial charge in [0.2, 0.25) is 5.82 Å². The molecule has 0 unspecified atom stereocenters. The minimum atomic E-state index is -2.59. The zero-order valence-electron chi connectivity index (χ0n) is 11.1. The van der Waals surface area contributed by atoms with Crippen LogP contribution in [0.3, 0.4) is 0 Å². The summed E-state index contributed by atoms with van der Waals surface area (Å²) in [6.07, 6.45) is -0.511. The van der Waals surface area contributed by atoms with Gasteiger partial charge in [-0.15, -0.1) is 0 Å². The molecule has 23 heavy (non-hydrogen) atoms. The van der Waals surface area contributed by atoms with E-state index in [1.54, 1.807) is 0 Å². The summed E-state index contributed by atoms with van der Waals surface area (Å²) in [7, 11) is 0. The molecule has 0 aliphatic rings. The van der Waals surface area contributed by atoms with E-state index in [9.17, 15) is 39.5 Å². The van der Waals surface area contributed by atoms with Crippen LogP contribution in [0.15, 0.2) is 0 Å². The summed E-state index contributed by atoms with van der Waals surface area (Å²) in [5.74, 6) is -21.3. The molecule has 2 aromatic carbocycles. The molecule has 0 aromatic heterocycles. The van der Waals surface area contributed by atoms with E-state index in [1.165, 1.54) is 0 Å². The van der Waals surface area contributed by atoms with Gasteiger partial charge in [-0.3, -0.25) is 0 Å². The molecule has 2 aromatic rings. The maximum Gasteiger partial charge on any atom is 0.200 e. The minimum absolute atomic E-state index is 0.511. The standard InChI is InChI=1S/C14H5F9/c1-2-3-6(15)8(17)4(9(18)7(3)16)5-10(19)12(21)14(23)13(22)11(5)20/h2H2,1H3. The summed E-state index contributed by atoms with van der Waals surface area (Å²) in [4.78, 5) is 0. The van der Waals surface area contributed by atoms with Crippen LogP contribution in [0.25, 0.3) is 11.1 Å². The Morgan fingerprint density at radius 2 is 0.696 bits per heavy atom. The lowest BCUT2D eigenvalue weighted by Gasteiger charge is -2.13. The highest BCUT2D eigenvalue weighted by molar-refractivity contribution is 5.67. The third-order valence-corrected chi connectivity index (χ3v) is 3.17. The summed E-state index contributed by atoms with van der Waals surface area (Å²) in [5, 5.41) is 0. The van der Waals surface area contributed by atoms with Crippen molar-refractivity contribution in [2.75, 3.05) is 0 Å². The average molecular weight is 344 g/mol. The second-order valence-corrected chi connectivity index (χ2v) is 4.41. The van der Waals surface area contributed by atoms with E-state index in [-0.39, 0.29) is 0 Å². The van der Waals surface area contributed by atoms with Gasteiger partial charge in [0.15, 0.2) is 46.5 Å². The monoisotopic (exact) mass is 344 g/mol. The van der Waals surface area contributed by atoms with Gasteiger partial charge in [0.05, 0.1) is 11.1 Å². The Hall–Kier alpha value is -2.19. The highest BCUT2D eigenvalue weighted by Crippen LogP contribution is 2.37. The lowest BCUT2D eigenvalue weighted by Crippen LogP contribution is -2.10. The van der Waals surface area contributed by atoms with Crippen molar-refractivity contribution in [3.05, 3.63) is 57.9 Å². The van der Waals surface area contributed by atoms with Crippen molar-refractivity contribution in [3.63, 3.8) is 0 Å². The van der Waals surface area contributed by atoms with Gasteiger partial charge in [-0.2, -0.15) is 0 Å². The molecule has 124 valence electrons. The molecule has 2 rings (SSSR count). The minimum Gasteiger partial charge on any atom is -0.203 e. The molecular weight excluding hydrogens is 339 g/mol. The summed E-state index contributed by atoms with van der Waals surface area (Å²) in [5.41, 5.74) is -5.16. The fraction of sp³-hybridized carbons (Fsp3) is 0.143. The third-order valence-electron chi connectivity index (χ3n) is 3.17. The van der Waals surface area contributed by atoms with Crippen molar-refractivity contribution in [1.29, 1.82) is 0 Å². The SMILES string of the molecule is CCc1c(F)c(F)c(-c2c(F)c(F)c(F)c(F)c2F)c(F)c1F. The first-order valence-corrected chi connectivity index (χ1v) is 6.01. The van der Waals surface area contributed by atoms with E-state index < -0.39 is 75.5 Å². The van der Waals surface area contributed by atoms with Crippen LogP contribution in [0.5, 0.6) is 0 Å². The van der Waals surface area contributed by atoms with E-state index in [2.05, 4.69) is 0 Å². The molecule has 9 heteroatoms. The van der Waals surface area contributed by atoms with Crippen molar-refractivity contribution in [1.82, 2.24) is 0 Å². The normalized spacial score (nSPS) is 11.2. The lowest BCUT2D eigenvalue weighted by molar-refractivity contribution is 0.379. The molecule has 0 fully saturated rings. The maximum atomic E-state index is 13.8. The lowest BCUT2D eigenvalue weighted by atomic mass is 9.98. The van der Waals surface area contributed by atoms with Crippen LogP contribution >= 0.6 is 0 Å². The first-order chi connectivity index (χ1) is 10.6.